The van der Waals surface area contributed by atoms with Crippen molar-refractivity contribution in [1.82, 2.24) is 10.6 Å². The molecule has 7 nitrogen and oxygen atoms in total. The Morgan fingerprint density at radius 1 is 0.812 bits per heavy atom. The number of carbonyl (C=O) groups is 3. The zero-order valence-corrected chi connectivity index (χ0v) is 18.1. The number of carbonyl (C=O) groups excluding carboxylic acids is 3. The zero-order chi connectivity index (χ0) is 22.7. The van der Waals surface area contributed by atoms with E-state index in [9.17, 15) is 14.4 Å². The Labute approximate surface area is 187 Å². The number of amides is 1. The Kier molecular flexibility index (Phi) is 6.79. The van der Waals surface area contributed by atoms with E-state index in [1.165, 1.54) is 6.07 Å². The molecule has 2 aliphatic rings. The second-order valence-electron chi connectivity index (χ2n) is 8.81. The lowest BCUT2D eigenvalue weighted by molar-refractivity contribution is 0.0950. The van der Waals surface area contributed by atoms with E-state index in [1.54, 1.807) is 36.4 Å². The smallest absolute Gasteiger partial charge is 0.251 e. The minimum atomic E-state index is -0.246. The molecule has 0 saturated heterocycles. The molecule has 1 fully saturated rings. The van der Waals surface area contributed by atoms with Gasteiger partial charge in [0, 0.05) is 52.5 Å². The third kappa shape index (κ3) is 4.80. The van der Waals surface area contributed by atoms with Gasteiger partial charge in [0.15, 0.2) is 11.6 Å². The van der Waals surface area contributed by atoms with E-state index < -0.39 is 0 Å². The van der Waals surface area contributed by atoms with Crippen LogP contribution in [0.25, 0.3) is 0 Å². The molecule has 168 valence electrons. The first kappa shape index (κ1) is 22.3. The van der Waals surface area contributed by atoms with Gasteiger partial charge in [0.1, 0.15) is 0 Å². The van der Waals surface area contributed by atoms with Crippen molar-refractivity contribution in [3.05, 3.63) is 70.3 Å². The number of hydrogen-bond acceptors (Lipinski definition) is 6. The van der Waals surface area contributed by atoms with Gasteiger partial charge in [0.2, 0.25) is 0 Å². The minimum Gasteiger partial charge on any atom is -0.352 e. The van der Waals surface area contributed by atoms with Crippen LogP contribution in [-0.4, -0.2) is 48.7 Å². The van der Waals surface area contributed by atoms with Gasteiger partial charge in [-0.2, -0.15) is 0 Å². The molecule has 7 heteroatoms. The van der Waals surface area contributed by atoms with Crippen LogP contribution >= 0.6 is 0 Å². The van der Waals surface area contributed by atoms with Gasteiger partial charge < -0.3 is 22.1 Å². The molecule has 0 radical (unpaired) electrons. The van der Waals surface area contributed by atoms with Gasteiger partial charge in [0.05, 0.1) is 0 Å². The van der Waals surface area contributed by atoms with Crippen molar-refractivity contribution in [3.63, 3.8) is 0 Å². The summed E-state index contributed by atoms with van der Waals surface area (Å²) >= 11 is 0. The summed E-state index contributed by atoms with van der Waals surface area (Å²) in [6.45, 7) is 1.39. The van der Waals surface area contributed by atoms with Gasteiger partial charge in [-0.3, -0.25) is 14.4 Å². The molecule has 2 aromatic carbocycles. The first-order valence-electron chi connectivity index (χ1n) is 11.3. The highest BCUT2D eigenvalue weighted by atomic mass is 16.2. The van der Waals surface area contributed by atoms with Crippen molar-refractivity contribution < 1.29 is 14.4 Å². The Hall–Kier alpha value is -2.87. The molecule has 1 amide bonds. The van der Waals surface area contributed by atoms with E-state index in [2.05, 4.69) is 10.6 Å². The summed E-state index contributed by atoms with van der Waals surface area (Å²) in [6, 6.07) is 12.2. The number of nitrogens with two attached hydrogens (primary N) is 2. The van der Waals surface area contributed by atoms with Gasteiger partial charge in [-0.25, -0.2) is 0 Å². The summed E-state index contributed by atoms with van der Waals surface area (Å²) < 4.78 is 0. The van der Waals surface area contributed by atoms with E-state index in [-0.39, 0.29) is 35.1 Å². The highest BCUT2D eigenvalue weighted by Gasteiger charge is 2.30. The zero-order valence-electron chi connectivity index (χ0n) is 18.1. The van der Waals surface area contributed by atoms with E-state index in [1.807, 2.05) is 0 Å². The van der Waals surface area contributed by atoms with Crippen LogP contribution in [0.5, 0.6) is 0 Å². The first-order valence-corrected chi connectivity index (χ1v) is 11.3. The molecule has 6 N–H and O–H groups in total. The van der Waals surface area contributed by atoms with Crippen molar-refractivity contribution in [2.45, 2.75) is 50.2 Å². The van der Waals surface area contributed by atoms with E-state index in [4.69, 9.17) is 11.5 Å². The predicted molar refractivity (Wildman–Crippen MR) is 123 cm³/mol. The van der Waals surface area contributed by atoms with Crippen molar-refractivity contribution in [1.29, 1.82) is 0 Å². The molecule has 2 aliphatic carbocycles. The second-order valence-corrected chi connectivity index (χ2v) is 8.81. The molecule has 1 saturated carbocycles. The largest absolute Gasteiger partial charge is 0.352 e. The third-order valence-electron chi connectivity index (χ3n) is 6.29. The summed E-state index contributed by atoms with van der Waals surface area (Å²) in [4.78, 5) is 38.1. The maximum Gasteiger partial charge on any atom is 0.251 e. The summed E-state index contributed by atoms with van der Waals surface area (Å²) in [5.41, 5.74) is 13.9. The summed E-state index contributed by atoms with van der Waals surface area (Å²) in [5, 5.41) is 6.41. The van der Waals surface area contributed by atoms with Crippen LogP contribution in [-0.2, 0) is 0 Å². The van der Waals surface area contributed by atoms with Gasteiger partial charge in [-0.15, -0.1) is 0 Å². The maximum absolute atomic E-state index is 12.8. The number of benzene rings is 2. The quantitative estimate of drug-likeness (QED) is 0.420. The lowest BCUT2D eigenvalue weighted by atomic mass is 9.83. The fourth-order valence-electron chi connectivity index (χ4n) is 4.68. The predicted octanol–water partition coefficient (Wildman–Crippen LogP) is 1.77. The van der Waals surface area contributed by atoms with E-state index in [0.717, 1.165) is 38.6 Å². The number of unbranched alkanes of at least 4 members (excludes halogenated alkanes) is 1. The molecular weight excluding hydrogens is 404 g/mol. The molecule has 2 aromatic rings. The number of ketones is 2. The van der Waals surface area contributed by atoms with E-state index in [0.29, 0.717) is 34.8 Å². The molecule has 4 rings (SSSR count). The Balaban J connectivity index is 1.27. The fourth-order valence-corrected chi connectivity index (χ4v) is 4.68. The first-order chi connectivity index (χ1) is 15.4. The molecule has 32 heavy (non-hydrogen) atoms. The standard InChI is InChI=1S/C25H30N4O3/c26-16-12-17(27)14-18(13-16)28-9-3-4-10-29-25(32)15-7-8-21-22(11-15)24(31)20-6-2-1-5-19(20)23(21)30/h1-2,5-8,11,16-18,28H,3-4,9-10,12-14,26-27H2,(H,29,32)/t16-,17+,18?. The van der Waals surface area contributed by atoms with Crippen LogP contribution in [0.15, 0.2) is 42.5 Å². The lowest BCUT2D eigenvalue weighted by Crippen LogP contribution is -2.47. The SMILES string of the molecule is N[C@@H]1CC(NCCCCNC(=O)c2ccc3c(c2)C(=O)c2ccccc2C3=O)C[C@H](N)C1. The summed E-state index contributed by atoms with van der Waals surface area (Å²) in [6.07, 6.45) is 4.55. The average Bonchev–Trinajstić information content (AvgIpc) is 2.78. The van der Waals surface area contributed by atoms with Gasteiger partial charge in [-0.05, 0) is 56.8 Å². The van der Waals surface area contributed by atoms with Crippen LogP contribution < -0.4 is 22.1 Å². The van der Waals surface area contributed by atoms with Gasteiger partial charge in [-0.1, -0.05) is 24.3 Å². The summed E-state index contributed by atoms with van der Waals surface area (Å²) in [5.74, 6) is -0.656. The lowest BCUT2D eigenvalue weighted by Gasteiger charge is -2.31. The summed E-state index contributed by atoms with van der Waals surface area (Å²) in [7, 11) is 0. The minimum absolute atomic E-state index is 0.169. The van der Waals surface area contributed by atoms with E-state index >= 15 is 0 Å². The van der Waals surface area contributed by atoms with Crippen LogP contribution in [0.2, 0.25) is 0 Å². The van der Waals surface area contributed by atoms with Crippen LogP contribution in [0.1, 0.15) is 74.3 Å². The second kappa shape index (κ2) is 9.73. The van der Waals surface area contributed by atoms with Crippen molar-refractivity contribution in [2.75, 3.05) is 13.1 Å². The van der Waals surface area contributed by atoms with Crippen molar-refractivity contribution >= 4 is 17.5 Å². The van der Waals surface area contributed by atoms with Crippen molar-refractivity contribution in [3.8, 4) is 0 Å². The average molecular weight is 435 g/mol. The Morgan fingerprint density at radius 2 is 1.41 bits per heavy atom. The fraction of sp³-hybridized carbons (Fsp3) is 0.400. The molecule has 3 atom stereocenters. The molecule has 0 bridgehead atoms. The monoisotopic (exact) mass is 434 g/mol. The molecular formula is C25H30N4O3. The molecule has 1 unspecified atom stereocenters. The Bertz CT molecular complexity index is 1030. The number of fused-ring (bicyclic) bond motifs is 2. The molecule has 0 aliphatic heterocycles. The molecule has 0 spiro atoms. The Morgan fingerprint density at radius 3 is 2.09 bits per heavy atom. The normalized spacial score (nSPS) is 22.2. The number of rotatable bonds is 7. The van der Waals surface area contributed by atoms with Crippen LogP contribution in [0.4, 0.5) is 0 Å². The van der Waals surface area contributed by atoms with Crippen LogP contribution in [0.3, 0.4) is 0 Å². The molecule has 0 heterocycles. The van der Waals surface area contributed by atoms with Crippen molar-refractivity contribution in [2.24, 2.45) is 11.5 Å². The number of nitrogens with one attached hydrogen (secondary N) is 2. The van der Waals surface area contributed by atoms with Gasteiger partial charge in [0.25, 0.3) is 5.91 Å². The number of hydrogen-bond donors (Lipinski definition) is 4. The van der Waals surface area contributed by atoms with Gasteiger partial charge >= 0.3 is 0 Å². The third-order valence-corrected chi connectivity index (χ3v) is 6.29. The highest BCUT2D eigenvalue weighted by Crippen LogP contribution is 2.27. The maximum atomic E-state index is 12.8. The topological polar surface area (TPSA) is 127 Å². The van der Waals surface area contributed by atoms with Crippen LogP contribution in [0, 0.1) is 0 Å². The highest BCUT2D eigenvalue weighted by molar-refractivity contribution is 6.28. The molecule has 0 aromatic heterocycles.